The highest BCUT2D eigenvalue weighted by Gasteiger charge is 2.34. The first-order valence-corrected chi connectivity index (χ1v) is 9.17. The van der Waals surface area contributed by atoms with E-state index in [1.165, 1.54) is 31.9 Å². The van der Waals surface area contributed by atoms with Gasteiger partial charge in [-0.15, -0.1) is 24.0 Å². The van der Waals surface area contributed by atoms with Crippen LogP contribution >= 0.6 is 24.0 Å². The molecule has 20 heavy (non-hydrogen) atoms. The molecule has 0 heterocycles. The van der Waals surface area contributed by atoms with Crippen LogP contribution in [0.1, 0.15) is 39.5 Å². The van der Waals surface area contributed by atoms with Crippen molar-refractivity contribution in [3.63, 3.8) is 0 Å². The lowest BCUT2D eigenvalue weighted by Gasteiger charge is -2.40. The average Bonchev–Trinajstić information content (AvgIpc) is 2.26. The lowest BCUT2D eigenvalue weighted by molar-refractivity contribution is 0.139. The Balaban J connectivity index is 0.00000361. The van der Waals surface area contributed by atoms with E-state index in [4.69, 9.17) is 0 Å². The van der Waals surface area contributed by atoms with Gasteiger partial charge in [0.1, 0.15) is 9.84 Å². The second-order valence-corrected chi connectivity index (χ2v) is 7.72. The van der Waals surface area contributed by atoms with E-state index in [1.54, 1.807) is 0 Å². The molecule has 0 bridgehead atoms. The zero-order chi connectivity index (χ0) is 14.4. The summed E-state index contributed by atoms with van der Waals surface area (Å²) < 4.78 is 22.2. The van der Waals surface area contributed by atoms with Gasteiger partial charge in [0.15, 0.2) is 5.96 Å². The third kappa shape index (κ3) is 7.10. The van der Waals surface area contributed by atoms with Crippen molar-refractivity contribution in [1.29, 1.82) is 0 Å². The zero-order valence-electron chi connectivity index (χ0n) is 12.7. The Morgan fingerprint density at radius 1 is 1.25 bits per heavy atom. The van der Waals surface area contributed by atoms with E-state index in [1.807, 2.05) is 6.92 Å². The maximum Gasteiger partial charge on any atom is 0.191 e. The first-order chi connectivity index (χ1) is 8.91. The predicted molar refractivity (Wildman–Crippen MR) is 95.7 cm³/mol. The fraction of sp³-hybridized carbons (Fsp3) is 0.923. The van der Waals surface area contributed by atoms with Gasteiger partial charge in [-0.1, -0.05) is 13.3 Å². The van der Waals surface area contributed by atoms with Crippen LogP contribution in [0.4, 0.5) is 0 Å². The minimum atomic E-state index is -2.92. The van der Waals surface area contributed by atoms with E-state index < -0.39 is 9.84 Å². The number of nitrogens with one attached hydrogen (secondary N) is 2. The lowest BCUT2D eigenvalue weighted by Crippen LogP contribution is -2.41. The van der Waals surface area contributed by atoms with Crippen molar-refractivity contribution in [2.75, 3.05) is 31.6 Å². The molecule has 7 heteroatoms. The summed E-state index contributed by atoms with van der Waals surface area (Å²) >= 11 is 0. The lowest BCUT2D eigenvalue weighted by atomic mass is 9.67. The van der Waals surface area contributed by atoms with E-state index in [0.29, 0.717) is 12.0 Å². The van der Waals surface area contributed by atoms with Gasteiger partial charge in [-0.2, -0.15) is 0 Å². The van der Waals surface area contributed by atoms with Crippen LogP contribution in [0.15, 0.2) is 4.99 Å². The molecule has 1 aliphatic carbocycles. The molecule has 0 aromatic carbocycles. The van der Waals surface area contributed by atoms with Crippen LogP contribution in [0.2, 0.25) is 0 Å². The van der Waals surface area contributed by atoms with E-state index in [9.17, 15) is 8.42 Å². The first kappa shape index (κ1) is 19.9. The fourth-order valence-corrected chi connectivity index (χ4v) is 2.72. The monoisotopic (exact) mass is 417 g/mol. The average molecular weight is 417 g/mol. The Kier molecular flexibility index (Phi) is 9.04. The van der Waals surface area contributed by atoms with Gasteiger partial charge in [0.2, 0.25) is 0 Å². The SMILES string of the molecule is CCNC(=NCC1(CC)CCC1)NCCS(C)(=O)=O.I. The van der Waals surface area contributed by atoms with Gasteiger partial charge >= 0.3 is 0 Å². The molecular weight excluding hydrogens is 389 g/mol. The number of hydrogen-bond acceptors (Lipinski definition) is 3. The van der Waals surface area contributed by atoms with E-state index in [-0.39, 0.29) is 29.7 Å². The smallest absolute Gasteiger partial charge is 0.191 e. The van der Waals surface area contributed by atoms with Crippen molar-refractivity contribution < 1.29 is 8.42 Å². The van der Waals surface area contributed by atoms with Crippen molar-refractivity contribution in [2.45, 2.75) is 39.5 Å². The third-order valence-corrected chi connectivity index (χ3v) is 4.79. The van der Waals surface area contributed by atoms with Crippen LogP contribution < -0.4 is 10.6 Å². The molecule has 0 unspecified atom stereocenters. The van der Waals surface area contributed by atoms with Crippen molar-refractivity contribution in [1.82, 2.24) is 10.6 Å². The highest BCUT2D eigenvalue weighted by Crippen LogP contribution is 2.43. The molecule has 120 valence electrons. The number of halogens is 1. The summed E-state index contributed by atoms with van der Waals surface area (Å²) in [6.07, 6.45) is 6.24. The summed E-state index contributed by atoms with van der Waals surface area (Å²) in [5.74, 6) is 0.863. The molecule has 0 aromatic heterocycles. The Hall–Kier alpha value is -0.0500. The molecule has 0 aromatic rings. The van der Waals surface area contributed by atoms with E-state index in [0.717, 1.165) is 19.0 Å². The Labute approximate surface area is 140 Å². The normalized spacial score (nSPS) is 17.9. The molecule has 0 amide bonds. The van der Waals surface area contributed by atoms with Gasteiger partial charge in [-0.25, -0.2) is 8.42 Å². The minimum absolute atomic E-state index is 0. The number of rotatable bonds is 7. The summed E-state index contributed by atoms with van der Waals surface area (Å²) in [7, 11) is -2.92. The topological polar surface area (TPSA) is 70.6 Å². The van der Waals surface area contributed by atoms with Gasteiger partial charge < -0.3 is 10.6 Å². The minimum Gasteiger partial charge on any atom is -0.357 e. The number of hydrogen-bond donors (Lipinski definition) is 2. The third-order valence-electron chi connectivity index (χ3n) is 3.85. The standard InChI is InChI=1S/C13H27N3O2S.HI/c1-4-13(7-6-8-13)11-16-12(14-5-2)15-9-10-19(3,17)18;/h4-11H2,1-3H3,(H2,14,15,16);1H. The second-order valence-electron chi connectivity index (χ2n) is 5.46. The number of aliphatic imine (C=N–C) groups is 1. The summed E-state index contributed by atoms with van der Waals surface area (Å²) in [4.78, 5) is 4.60. The molecule has 0 radical (unpaired) electrons. The molecule has 0 saturated heterocycles. The Morgan fingerprint density at radius 3 is 2.30 bits per heavy atom. The van der Waals surface area contributed by atoms with Gasteiger partial charge in [-0.3, -0.25) is 4.99 Å². The summed E-state index contributed by atoms with van der Waals surface area (Å²) in [5.41, 5.74) is 0.388. The molecule has 0 aliphatic heterocycles. The highest BCUT2D eigenvalue weighted by atomic mass is 127. The molecule has 1 saturated carbocycles. The van der Waals surface area contributed by atoms with Crippen molar-refractivity contribution >= 4 is 39.8 Å². The molecule has 1 aliphatic rings. The van der Waals surface area contributed by atoms with Gasteiger partial charge in [0.05, 0.1) is 5.75 Å². The largest absolute Gasteiger partial charge is 0.357 e. The summed E-state index contributed by atoms with van der Waals surface area (Å²) in [5, 5.41) is 6.24. The molecular formula is C13H28IN3O2S. The van der Waals surface area contributed by atoms with E-state index >= 15 is 0 Å². The van der Waals surface area contributed by atoms with E-state index in [2.05, 4.69) is 22.5 Å². The first-order valence-electron chi connectivity index (χ1n) is 7.11. The Morgan fingerprint density at radius 2 is 1.90 bits per heavy atom. The van der Waals surface area contributed by atoms with Gasteiger partial charge in [0, 0.05) is 25.9 Å². The van der Waals surface area contributed by atoms with Crippen molar-refractivity contribution in [2.24, 2.45) is 10.4 Å². The van der Waals surface area contributed by atoms with Crippen LogP contribution in [-0.2, 0) is 9.84 Å². The van der Waals surface area contributed by atoms with Crippen molar-refractivity contribution in [3.8, 4) is 0 Å². The fourth-order valence-electron chi connectivity index (χ4n) is 2.24. The van der Waals surface area contributed by atoms with Gasteiger partial charge in [-0.05, 0) is 31.6 Å². The second kappa shape index (κ2) is 9.07. The highest BCUT2D eigenvalue weighted by molar-refractivity contribution is 14.0. The molecule has 2 N–H and O–H groups in total. The van der Waals surface area contributed by atoms with Crippen LogP contribution in [0.5, 0.6) is 0 Å². The van der Waals surface area contributed by atoms with Crippen LogP contribution in [0, 0.1) is 5.41 Å². The summed E-state index contributed by atoms with van der Waals surface area (Å²) in [6.45, 7) is 6.25. The molecule has 1 fully saturated rings. The zero-order valence-corrected chi connectivity index (χ0v) is 15.9. The molecule has 5 nitrogen and oxygen atoms in total. The molecule has 1 rings (SSSR count). The van der Waals surface area contributed by atoms with Gasteiger partial charge in [0.25, 0.3) is 0 Å². The molecule has 0 spiro atoms. The van der Waals surface area contributed by atoms with Crippen LogP contribution in [0.25, 0.3) is 0 Å². The van der Waals surface area contributed by atoms with Crippen molar-refractivity contribution in [3.05, 3.63) is 0 Å². The van der Waals surface area contributed by atoms with Crippen LogP contribution in [-0.4, -0.2) is 46.0 Å². The Bertz CT molecular complexity index is 400. The number of nitrogens with zero attached hydrogens (tertiary/aromatic N) is 1. The maximum absolute atomic E-state index is 11.1. The maximum atomic E-state index is 11.1. The quantitative estimate of drug-likeness (QED) is 0.377. The predicted octanol–water partition coefficient (Wildman–Crippen LogP) is 1.78. The number of guanidine groups is 1. The molecule has 0 atom stereocenters. The number of sulfone groups is 1. The summed E-state index contributed by atoms with van der Waals surface area (Å²) in [6, 6.07) is 0. The van der Waals surface area contributed by atoms with Crippen LogP contribution in [0.3, 0.4) is 0 Å².